The summed E-state index contributed by atoms with van der Waals surface area (Å²) in [7, 11) is 0. The Morgan fingerprint density at radius 3 is 2.40 bits per heavy atom. The molecule has 0 aliphatic carbocycles. The van der Waals surface area contributed by atoms with Gasteiger partial charge in [0.05, 0.1) is 6.10 Å². The molecule has 0 aromatic rings. The zero-order chi connectivity index (χ0) is 11.0. The fourth-order valence-electron chi connectivity index (χ4n) is 1.99. The van der Waals surface area contributed by atoms with Gasteiger partial charge in [-0.05, 0) is 26.2 Å². The number of hydrogen-bond acceptors (Lipinski definition) is 4. The number of carbonyl (C=O) groups excluding carboxylic acids is 2. The first-order chi connectivity index (χ1) is 7.09. The van der Waals surface area contributed by atoms with Crippen LogP contribution in [0.25, 0.3) is 0 Å². The van der Waals surface area contributed by atoms with Crippen LogP contribution in [-0.4, -0.2) is 46.7 Å². The van der Waals surface area contributed by atoms with E-state index in [0.717, 1.165) is 0 Å². The summed E-state index contributed by atoms with van der Waals surface area (Å²) < 4.78 is 5.26. The van der Waals surface area contributed by atoms with Gasteiger partial charge in [0.25, 0.3) is 11.8 Å². The quantitative estimate of drug-likeness (QED) is 0.652. The van der Waals surface area contributed by atoms with Gasteiger partial charge in [0.1, 0.15) is 12.2 Å². The molecule has 2 saturated heterocycles. The van der Waals surface area contributed by atoms with E-state index in [1.165, 1.54) is 4.90 Å². The maximum Gasteiger partial charge on any atom is 0.258 e. The van der Waals surface area contributed by atoms with Crippen LogP contribution in [0.4, 0.5) is 0 Å². The summed E-state index contributed by atoms with van der Waals surface area (Å²) in [6.45, 7) is 1.94. The number of nitrogens with zero attached hydrogens (tertiary/aromatic N) is 1. The number of fused-ring (bicyclic) bond motifs is 2. The molecule has 5 nitrogen and oxygen atoms in total. The second-order valence-corrected chi connectivity index (χ2v) is 4.16. The first-order valence-corrected chi connectivity index (χ1v) is 5.28. The fourth-order valence-corrected chi connectivity index (χ4v) is 1.99. The molecule has 15 heavy (non-hydrogen) atoms. The van der Waals surface area contributed by atoms with Crippen LogP contribution in [0.15, 0.2) is 0 Å². The van der Waals surface area contributed by atoms with Crippen molar-refractivity contribution in [1.82, 2.24) is 4.90 Å². The van der Waals surface area contributed by atoms with Gasteiger partial charge in [-0.1, -0.05) is 0 Å². The van der Waals surface area contributed by atoms with Crippen molar-refractivity contribution in [2.45, 2.75) is 44.5 Å². The molecule has 2 aliphatic heterocycles. The molecule has 2 rings (SSSR count). The van der Waals surface area contributed by atoms with E-state index in [9.17, 15) is 9.59 Å². The Bertz CT molecular complexity index is 267. The Hall–Kier alpha value is -0.940. The normalized spacial score (nSPS) is 32.3. The summed E-state index contributed by atoms with van der Waals surface area (Å²) in [5.74, 6) is -0.483. The first-order valence-electron chi connectivity index (χ1n) is 5.28. The number of rotatable bonds is 3. The van der Waals surface area contributed by atoms with E-state index in [1.54, 1.807) is 6.92 Å². The maximum absolute atomic E-state index is 11.7. The molecule has 1 N–H and O–H groups in total. The molecule has 2 amide bonds. The highest BCUT2D eigenvalue weighted by molar-refractivity contribution is 6.02. The second-order valence-electron chi connectivity index (χ2n) is 4.16. The molecule has 0 radical (unpaired) electrons. The molecule has 0 aromatic carbocycles. The molecule has 2 fully saturated rings. The fraction of sp³-hybridized carbons (Fsp3) is 0.800. The number of hydrogen-bond donors (Lipinski definition) is 1. The SMILES string of the molecule is CC(O)CCN1C(=O)C2CCC(O2)C1=O. The zero-order valence-corrected chi connectivity index (χ0v) is 8.68. The van der Waals surface area contributed by atoms with Crippen LogP contribution >= 0.6 is 0 Å². The van der Waals surface area contributed by atoms with Crippen molar-refractivity contribution in [3.63, 3.8) is 0 Å². The molecule has 84 valence electrons. The van der Waals surface area contributed by atoms with Gasteiger partial charge in [-0.15, -0.1) is 0 Å². The standard InChI is InChI=1S/C10H15NO4/c1-6(12)4-5-11-9(13)7-2-3-8(15-7)10(11)14/h6-8,12H,2-5H2,1H3. The lowest BCUT2D eigenvalue weighted by Gasteiger charge is -2.30. The lowest BCUT2D eigenvalue weighted by atomic mass is 10.2. The molecule has 2 aliphatic rings. The number of likely N-dealkylation sites (tertiary alicyclic amines) is 1. The van der Waals surface area contributed by atoms with Crippen LogP contribution in [-0.2, 0) is 14.3 Å². The Balaban J connectivity index is 2.03. The largest absolute Gasteiger partial charge is 0.393 e. The third kappa shape index (κ3) is 1.89. The van der Waals surface area contributed by atoms with Gasteiger partial charge in [0.2, 0.25) is 0 Å². The molecule has 2 bridgehead atoms. The molecular formula is C10H15NO4. The van der Waals surface area contributed by atoms with E-state index >= 15 is 0 Å². The van der Waals surface area contributed by atoms with Crippen molar-refractivity contribution in [1.29, 1.82) is 0 Å². The summed E-state index contributed by atoms with van der Waals surface area (Å²) >= 11 is 0. The number of ether oxygens (including phenoxy) is 1. The van der Waals surface area contributed by atoms with Gasteiger partial charge in [0, 0.05) is 6.54 Å². The van der Waals surface area contributed by atoms with Gasteiger partial charge >= 0.3 is 0 Å². The maximum atomic E-state index is 11.7. The minimum atomic E-state index is -0.494. The monoisotopic (exact) mass is 213 g/mol. The lowest BCUT2D eigenvalue weighted by molar-refractivity contribution is -0.168. The summed E-state index contributed by atoms with van der Waals surface area (Å²) in [4.78, 5) is 24.6. The molecule has 0 saturated carbocycles. The summed E-state index contributed by atoms with van der Waals surface area (Å²) in [5.41, 5.74) is 0. The van der Waals surface area contributed by atoms with E-state index in [1.807, 2.05) is 0 Å². The van der Waals surface area contributed by atoms with Crippen LogP contribution in [0.3, 0.4) is 0 Å². The van der Waals surface area contributed by atoms with Crippen LogP contribution < -0.4 is 0 Å². The molecule has 0 spiro atoms. The average molecular weight is 213 g/mol. The highest BCUT2D eigenvalue weighted by Crippen LogP contribution is 2.28. The molecule has 3 atom stereocenters. The number of imide groups is 1. The number of amides is 2. The number of aliphatic hydroxyl groups is 1. The topological polar surface area (TPSA) is 66.8 Å². The van der Waals surface area contributed by atoms with Crippen LogP contribution in [0.5, 0.6) is 0 Å². The van der Waals surface area contributed by atoms with Crippen LogP contribution in [0.1, 0.15) is 26.2 Å². The van der Waals surface area contributed by atoms with Gasteiger partial charge in [-0.25, -0.2) is 0 Å². The van der Waals surface area contributed by atoms with E-state index in [2.05, 4.69) is 0 Å². The molecule has 3 unspecified atom stereocenters. The third-order valence-electron chi connectivity index (χ3n) is 2.87. The summed E-state index contributed by atoms with van der Waals surface area (Å²) in [5, 5.41) is 9.12. The second kappa shape index (κ2) is 3.90. The van der Waals surface area contributed by atoms with Crippen LogP contribution in [0.2, 0.25) is 0 Å². The van der Waals surface area contributed by atoms with Crippen LogP contribution in [0, 0.1) is 0 Å². The average Bonchev–Trinajstić information content (AvgIpc) is 2.61. The van der Waals surface area contributed by atoms with E-state index in [4.69, 9.17) is 9.84 Å². The van der Waals surface area contributed by atoms with Gasteiger partial charge in [0.15, 0.2) is 0 Å². The smallest absolute Gasteiger partial charge is 0.258 e. The molecular weight excluding hydrogens is 198 g/mol. The van der Waals surface area contributed by atoms with E-state index in [-0.39, 0.29) is 11.8 Å². The lowest BCUT2D eigenvalue weighted by Crippen LogP contribution is -2.52. The van der Waals surface area contributed by atoms with Gasteiger partial charge in [-0.3, -0.25) is 14.5 Å². The summed E-state index contributed by atoms with van der Waals surface area (Å²) in [6.07, 6.45) is 0.354. The Morgan fingerprint density at radius 2 is 1.93 bits per heavy atom. The minimum Gasteiger partial charge on any atom is -0.393 e. The van der Waals surface area contributed by atoms with Gasteiger partial charge in [-0.2, -0.15) is 0 Å². The minimum absolute atomic E-state index is 0.241. The number of morpholine rings is 1. The Labute approximate surface area is 88.0 Å². The van der Waals surface area contributed by atoms with Crippen molar-refractivity contribution in [2.75, 3.05) is 6.54 Å². The molecule has 0 aromatic heterocycles. The Kier molecular flexibility index (Phi) is 2.75. The van der Waals surface area contributed by atoms with Crippen molar-refractivity contribution < 1.29 is 19.4 Å². The molecule has 2 heterocycles. The van der Waals surface area contributed by atoms with E-state index in [0.29, 0.717) is 25.8 Å². The van der Waals surface area contributed by atoms with E-state index < -0.39 is 18.3 Å². The highest BCUT2D eigenvalue weighted by atomic mass is 16.5. The predicted octanol–water partition coefficient (Wildman–Crippen LogP) is -0.326. The third-order valence-corrected chi connectivity index (χ3v) is 2.87. The predicted molar refractivity (Wildman–Crippen MR) is 50.9 cm³/mol. The highest BCUT2D eigenvalue weighted by Gasteiger charge is 2.46. The Morgan fingerprint density at radius 1 is 1.40 bits per heavy atom. The summed E-state index contributed by atoms with van der Waals surface area (Å²) in [6, 6.07) is 0. The van der Waals surface area contributed by atoms with Gasteiger partial charge < -0.3 is 9.84 Å². The van der Waals surface area contributed by atoms with Crippen molar-refractivity contribution in [2.24, 2.45) is 0 Å². The number of aliphatic hydroxyl groups excluding tert-OH is 1. The van der Waals surface area contributed by atoms with Crippen molar-refractivity contribution in [3.8, 4) is 0 Å². The first kappa shape index (κ1) is 10.6. The zero-order valence-electron chi connectivity index (χ0n) is 8.68. The van der Waals surface area contributed by atoms with Crippen molar-refractivity contribution in [3.05, 3.63) is 0 Å². The molecule has 5 heteroatoms. The van der Waals surface area contributed by atoms with Crippen molar-refractivity contribution >= 4 is 11.8 Å². The number of carbonyl (C=O) groups is 2.